The van der Waals surface area contributed by atoms with Crippen molar-refractivity contribution in [3.05, 3.63) is 0 Å². The van der Waals surface area contributed by atoms with Crippen molar-refractivity contribution < 1.29 is 31.5 Å². The molecule has 2 bridgehead atoms. The Morgan fingerprint density at radius 1 is 1.24 bits per heavy atom. The van der Waals surface area contributed by atoms with Crippen LogP contribution in [0.5, 0.6) is 0 Å². The molecule has 2 N–H and O–H groups in total. The van der Waals surface area contributed by atoms with E-state index in [-0.39, 0.29) is 11.8 Å². The summed E-state index contributed by atoms with van der Waals surface area (Å²) >= 11 is 0. The molecule has 5 nitrogen and oxygen atoms in total. The first-order valence-corrected chi connectivity index (χ1v) is 8.54. The lowest BCUT2D eigenvalue weighted by atomic mass is 9.85. The number of carboxylic acids is 1. The Kier molecular flexibility index (Phi) is 4.53. The normalized spacial score (nSPS) is 32.5. The van der Waals surface area contributed by atoms with Crippen LogP contribution in [0.15, 0.2) is 0 Å². The number of alkyl halides is 3. The molecule has 0 radical (unpaired) electrons. The predicted molar refractivity (Wildman–Crippen MR) is 68.0 cm³/mol. The van der Waals surface area contributed by atoms with Gasteiger partial charge in [-0.15, -0.1) is 0 Å². The molecule has 0 aromatic heterocycles. The SMILES string of the molecule is O=C(O)C1C2CCC(C2)C1NS(=O)(=O)CCCC(F)(F)F. The molecule has 0 heterocycles. The molecule has 0 aromatic rings. The summed E-state index contributed by atoms with van der Waals surface area (Å²) in [5, 5.41) is 9.20. The van der Waals surface area contributed by atoms with Gasteiger partial charge < -0.3 is 5.11 Å². The lowest BCUT2D eigenvalue weighted by molar-refractivity contribution is -0.144. The van der Waals surface area contributed by atoms with Crippen molar-refractivity contribution in [2.24, 2.45) is 17.8 Å². The second-order valence-electron chi connectivity index (χ2n) is 5.88. The number of nitrogens with one attached hydrogen (secondary N) is 1. The van der Waals surface area contributed by atoms with Gasteiger partial charge in [-0.3, -0.25) is 4.79 Å². The molecule has 0 aromatic carbocycles. The molecular formula is C12H18F3NO4S. The Morgan fingerprint density at radius 2 is 1.86 bits per heavy atom. The first-order valence-electron chi connectivity index (χ1n) is 6.88. The maximum atomic E-state index is 12.0. The molecule has 4 atom stereocenters. The predicted octanol–water partition coefficient (Wildman–Crippen LogP) is 1.75. The fourth-order valence-electron chi connectivity index (χ4n) is 3.55. The minimum Gasteiger partial charge on any atom is -0.481 e. The number of aliphatic carboxylic acids is 1. The Bertz CT molecular complexity index is 505. The van der Waals surface area contributed by atoms with Crippen LogP contribution in [0, 0.1) is 17.8 Å². The lowest BCUT2D eigenvalue weighted by Gasteiger charge is -2.28. The van der Waals surface area contributed by atoms with Crippen molar-refractivity contribution >= 4 is 16.0 Å². The minimum absolute atomic E-state index is 0.0199. The highest BCUT2D eigenvalue weighted by Gasteiger charge is 2.52. The van der Waals surface area contributed by atoms with Crippen molar-refractivity contribution in [1.29, 1.82) is 0 Å². The molecular weight excluding hydrogens is 311 g/mol. The second kappa shape index (κ2) is 5.75. The number of carboxylic acid groups (broad SMARTS) is 1. The van der Waals surface area contributed by atoms with Gasteiger partial charge in [0.05, 0.1) is 11.7 Å². The summed E-state index contributed by atoms with van der Waals surface area (Å²) in [6.45, 7) is 0. The summed E-state index contributed by atoms with van der Waals surface area (Å²) in [5.41, 5.74) is 0. The smallest absolute Gasteiger partial charge is 0.389 e. The summed E-state index contributed by atoms with van der Waals surface area (Å²) in [6.07, 6.45) is -3.85. The maximum Gasteiger partial charge on any atom is 0.389 e. The fraction of sp³-hybridized carbons (Fsp3) is 0.917. The van der Waals surface area contributed by atoms with E-state index < -0.39 is 52.7 Å². The van der Waals surface area contributed by atoms with E-state index in [1.165, 1.54) is 0 Å². The van der Waals surface area contributed by atoms with Gasteiger partial charge in [-0.05, 0) is 37.5 Å². The molecule has 2 saturated carbocycles. The van der Waals surface area contributed by atoms with Gasteiger partial charge in [0.25, 0.3) is 0 Å². The zero-order valence-corrected chi connectivity index (χ0v) is 12.1. The van der Waals surface area contributed by atoms with E-state index in [0.29, 0.717) is 6.42 Å². The molecule has 4 unspecified atom stereocenters. The van der Waals surface area contributed by atoms with Crippen LogP contribution >= 0.6 is 0 Å². The van der Waals surface area contributed by atoms with Crippen molar-refractivity contribution in [2.45, 2.75) is 44.3 Å². The van der Waals surface area contributed by atoms with E-state index in [1.54, 1.807) is 0 Å². The quantitative estimate of drug-likeness (QED) is 0.777. The molecule has 2 fully saturated rings. The van der Waals surface area contributed by atoms with Gasteiger partial charge in [-0.1, -0.05) is 0 Å². The number of rotatable bonds is 6. The Labute approximate surface area is 121 Å². The number of fused-ring (bicyclic) bond motifs is 2. The number of sulfonamides is 1. The van der Waals surface area contributed by atoms with Gasteiger partial charge in [-0.2, -0.15) is 13.2 Å². The zero-order chi connectivity index (χ0) is 15.8. The van der Waals surface area contributed by atoms with E-state index in [0.717, 1.165) is 12.8 Å². The number of halogens is 3. The van der Waals surface area contributed by atoms with Crippen LogP contribution in [0.25, 0.3) is 0 Å². The van der Waals surface area contributed by atoms with Crippen LogP contribution in [0.4, 0.5) is 13.2 Å². The van der Waals surface area contributed by atoms with Gasteiger partial charge in [-0.25, -0.2) is 13.1 Å². The lowest BCUT2D eigenvalue weighted by Crippen LogP contribution is -2.47. The van der Waals surface area contributed by atoms with Crippen molar-refractivity contribution in [2.75, 3.05) is 5.75 Å². The average Bonchev–Trinajstić information content (AvgIpc) is 2.85. The molecule has 0 spiro atoms. The van der Waals surface area contributed by atoms with E-state index in [4.69, 9.17) is 0 Å². The van der Waals surface area contributed by atoms with E-state index in [1.807, 2.05) is 0 Å². The molecule has 0 amide bonds. The Balaban J connectivity index is 1.95. The highest BCUT2D eigenvalue weighted by atomic mass is 32.2. The van der Waals surface area contributed by atoms with Crippen LogP contribution in [-0.2, 0) is 14.8 Å². The molecule has 2 rings (SSSR count). The highest BCUT2D eigenvalue weighted by molar-refractivity contribution is 7.89. The fourth-order valence-corrected chi connectivity index (χ4v) is 4.94. The second-order valence-corrected chi connectivity index (χ2v) is 7.75. The number of hydrogen-bond acceptors (Lipinski definition) is 3. The summed E-state index contributed by atoms with van der Waals surface area (Å²) in [6, 6.07) is -0.683. The third-order valence-corrected chi connectivity index (χ3v) is 5.85. The first-order chi connectivity index (χ1) is 9.59. The van der Waals surface area contributed by atoms with Gasteiger partial charge in [0.2, 0.25) is 10.0 Å². The third kappa shape index (κ3) is 4.09. The highest BCUT2D eigenvalue weighted by Crippen LogP contribution is 2.48. The standard InChI is InChI=1S/C12H18F3NO4S/c13-12(14,15)4-1-5-21(19,20)16-10-8-3-2-7(6-8)9(10)11(17)18/h7-10,16H,1-6H2,(H,17,18). The maximum absolute atomic E-state index is 12.0. The van der Waals surface area contributed by atoms with Crippen LogP contribution in [-0.4, -0.2) is 37.5 Å². The van der Waals surface area contributed by atoms with Crippen LogP contribution in [0.1, 0.15) is 32.1 Å². The minimum atomic E-state index is -4.38. The van der Waals surface area contributed by atoms with Crippen molar-refractivity contribution in [3.63, 3.8) is 0 Å². The Hall–Kier alpha value is -0.830. The molecule has 9 heteroatoms. The van der Waals surface area contributed by atoms with Gasteiger partial charge in [0, 0.05) is 12.5 Å². The van der Waals surface area contributed by atoms with Crippen LogP contribution in [0.2, 0.25) is 0 Å². The summed E-state index contributed by atoms with van der Waals surface area (Å²) < 4.78 is 62.1. The Morgan fingerprint density at radius 3 is 2.43 bits per heavy atom. The largest absolute Gasteiger partial charge is 0.481 e. The number of carbonyl (C=O) groups is 1. The molecule has 21 heavy (non-hydrogen) atoms. The zero-order valence-electron chi connectivity index (χ0n) is 11.3. The topological polar surface area (TPSA) is 83.5 Å². The monoisotopic (exact) mass is 329 g/mol. The van der Waals surface area contributed by atoms with Gasteiger partial charge in [0.1, 0.15) is 0 Å². The molecule has 2 aliphatic carbocycles. The summed E-state index contributed by atoms with van der Waals surface area (Å²) in [7, 11) is -3.89. The van der Waals surface area contributed by atoms with Crippen LogP contribution < -0.4 is 4.72 Å². The molecule has 122 valence electrons. The molecule has 2 aliphatic rings. The first kappa shape index (κ1) is 16.5. The molecule has 0 saturated heterocycles. The average molecular weight is 329 g/mol. The van der Waals surface area contributed by atoms with E-state index >= 15 is 0 Å². The van der Waals surface area contributed by atoms with Gasteiger partial charge >= 0.3 is 12.1 Å². The van der Waals surface area contributed by atoms with E-state index in [2.05, 4.69) is 4.72 Å². The van der Waals surface area contributed by atoms with E-state index in [9.17, 15) is 31.5 Å². The van der Waals surface area contributed by atoms with Crippen molar-refractivity contribution in [1.82, 2.24) is 4.72 Å². The van der Waals surface area contributed by atoms with Gasteiger partial charge in [0.15, 0.2) is 0 Å². The summed E-state index contributed by atoms with van der Waals surface area (Å²) in [4.78, 5) is 11.2. The number of hydrogen-bond donors (Lipinski definition) is 2. The van der Waals surface area contributed by atoms with Crippen LogP contribution in [0.3, 0.4) is 0 Å². The van der Waals surface area contributed by atoms with Crippen molar-refractivity contribution in [3.8, 4) is 0 Å². The molecule has 0 aliphatic heterocycles. The summed E-state index contributed by atoms with van der Waals surface area (Å²) in [5.74, 6) is -2.48. The third-order valence-electron chi connectivity index (χ3n) is 4.39.